The molecule has 2 aromatic rings. The number of carbonyl (C=O) groups excluding carboxylic acids is 2. The van der Waals surface area contributed by atoms with E-state index in [4.69, 9.17) is 4.74 Å². The van der Waals surface area contributed by atoms with E-state index >= 15 is 0 Å². The van der Waals surface area contributed by atoms with Crippen molar-refractivity contribution in [1.82, 2.24) is 5.32 Å². The van der Waals surface area contributed by atoms with Gasteiger partial charge >= 0.3 is 0 Å². The molecule has 22 heavy (non-hydrogen) atoms. The van der Waals surface area contributed by atoms with Crippen molar-refractivity contribution in [2.24, 2.45) is 0 Å². The van der Waals surface area contributed by atoms with Gasteiger partial charge in [0, 0.05) is 18.5 Å². The fourth-order valence-corrected chi connectivity index (χ4v) is 2.94. The van der Waals surface area contributed by atoms with Crippen LogP contribution in [-0.4, -0.2) is 38.1 Å². The molecule has 2 aliphatic rings. The van der Waals surface area contributed by atoms with Gasteiger partial charge in [-0.3, -0.25) is 9.59 Å². The summed E-state index contributed by atoms with van der Waals surface area (Å²) in [7, 11) is 0. The minimum atomic E-state index is -0.237. The smallest absolute Gasteiger partial charge is 0.266 e. The summed E-state index contributed by atoms with van der Waals surface area (Å²) >= 11 is 1.46. The molecule has 1 aromatic carbocycles. The number of hydrogen-bond donors (Lipinski definition) is 1. The quantitative estimate of drug-likeness (QED) is 0.819. The Hall–Kier alpha value is -2.02. The van der Waals surface area contributed by atoms with Crippen LogP contribution in [0.3, 0.4) is 0 Å². The van der Waals surface area contributed by atoms with Gasteiger partial charge in [0.2, 0.25) is 0 Å². The maximum atomic E-state index is 12.0. The summed E-state index contributed by atoms with van der Waals surface area (Å²) in [5.41, 5.74) is 1.62. The predicted molar refractivity (Wildman–Crippen MR) is 85.6 cm³/mol. The van der Waals surface area contributed by atoms with Gasteiger partial charge in [0.25, 0.3) is 11.8 Å². The number of rotatable bonds is 1. The summed E-state index contributed by atoms with van der Waals surface area (Å²) in [5.74, 6) is -0.474. The Kier molecular flexibility index (Phi) is 4.62. The van der Waals surface area contributed by atoms with Gasteiger partial charge in [0.1, 0.15) is 0 Å². The van der Waals surface area contributed by atoms with Crippen molar-refractivity contribution < 1.29 is 14.3 Å². The van der Waals surface area contributed by atoms with E-state index in [0.29, 0.717) is 16.8 Å². The largest absolute Gasteiger partial charge is 0.379 e. The topological polar surface area (TPSA) is 58.6 Å². The molecule has 0 radical (unpaired) electrons. The number of nitrogens with one attached hydrogen (secondary N) is 1. The third-order valence-corrected chi connectivity index (χ3v) is 4.08. The summed E-state index contributed by atoms with van der Waals surface area (Å²) < 4.78 is 5.01. The Morgan fingerprint density at radius 2 is 1.64 bits per heavy atom. The lowest BCUT2D eigenvalue weighted by atomic mass is 10.1. The summed E-state index contributed by atoms with van der Waals surface area (Å²) in [6.45, 7) is 3.83. The van der Waals surface area contributed by atoms with Crippen LogP contribution < -0.4 is 10.2 Å². The zero-order valence-electron chi connectivity index (χ0n) is 12.0. The highest BCUT2D eigenvalue weighted by Gasteiger charge is 2.36. The molecule has 3 heterocycles. The second-order valence-electron chi connectivity index (χ2n) is 4.84. The number of anilines is 1. The van der Waals surface area contributed by atoms with E-state index in [1.54, 1.807) is 35.7 Å². The lowest BCUT2D eigenvalue weighted by Gasteiger charge is -2.10. The molecule has 2 aliphatic heterocycles. The fraction of sp³-hybridized carbons (Fsp3) is 0.250. The number of amides is 2. The molecule has 0 bridgehead atoms. The minimum Gasteiger partial charge on any atom is -0.379 e. The van der Waals surface area contributed by atoms with Crippen LogP contribution in [0.15, 0.2) is 41.1 Å². The van der Waals surface area contributed by atoms with Gasteiger partial charge < -0.3 is 10.1 Å². The molecular weight excluding hydrogens is 300 g/mol. The first-order valence-corrected chi connectivity index (χ1v) is 8.02. The van der Waals surface area contributed by atoms with Crippen molar-refractivity contribution in [3.8, 4) is 0 Å². The first-order chi connectivity index (χ1) is 10.8. The van der Waals surface area contributed by atoms with Gasteiger partial charge in [-0.1, -0.05) is 12.1 Å². The van der Waals surface area contributed by atoms with E-state index in [-0.39, 0.29) is 11.8 Å². The second-order valence-corrected chi connectivity index (χ2v) is 5.62. The first-order valence-electron chi connectivity index (χ1n) is 7.07. The summed E-state index contributed by atoms with van der Waals surface area (Å²) in [6.07, 6.45) is 0. The van der Waals surface area contributed by atoms with Gasteiger partial charge in [-0.25, -0.2) is 4.90 Å². The van der Waals surface area contributed by atoms with E-state index in [9.17, 15) is 9.59 Å². The molecule has 6 heteroatoms. The molecule has 0 spiro atoms. The predicted octanol–water partition coefficient (Wildman–Crippen LogP) is 2.15. The number of nitrogens with zero attached hydrogens (tertiary/aromatic N) is 1. The normalized spacial score (nSPS) is 17.0. The van der Waals surface area contributed by atoms with Crippen molar-refractivity contribution in [2.45, 2.75) is 0 Å². The number of morpholine rings is 1. The zero-order chi connectivity index (χ0) is 15.4. The number of benzene rings is 1. The maximum absolute atomic E-state index is 12.0. The average molecular weight is 316 g/mol. The van der Waals surface area contributed by atoms with Crippen molar-refractivity contribution in [3.05, 3.63) is 52.2 Å². The van der Waals surface area contributed by atoms with E-state index in [1.807, 2.05) is 5.38 Å². The van der Waals surface area contributed by atoms with Crippen molar-refractivity contribution in [3.63, 3.8) is 0 Å². The van der Waals surface area contributed by atoms with Crippen LogP contribution >= 0.6 is 11.3 Å². The van der Waals surface area contributed by atoms with E-state index in [1.165, 1.54) is 16.2 Å². The Morgan fingerprint density at radius 3 is 2.05 bits per heavy atom. The first kappa shape index (κ1) is 14.9. The van der Waals surface area contributed by atoms with Crippen LogP contribution in [0.25, 0.3) is 0 Å². The number of thiophene rings is 1. The van der Waals surface area contributed by atoms with E-state index in [0.717, 1.165) is 26.3 Å². The Balaban J connectivity index is 0.000000202. The third kappa shape index (κ3) is 2.94. The van der Waals surface area contributed by atoms with Gasteiger partial charge in [0.05, 0.1) is 30.0 Å². The van der Waals surface area contributed by atoms with Crippen LogP contribution in [0.2, 0.25) is 0 Å². The number of fused-ring (bicyclic) bond motifs is 1. The molecule has 0 unspecified atom stereocenters. The Labute approximate surface area is 132 Å². The lowest BCUT2D eigenvalue weighted by molar-refractivity contribution is 0.0926. The number of imide groups is 1. The molecule has 1 fully saturated rings. The van der Waals surface area contributed by atoms with Gasteiger partial charge in [-0.15, -0.1) is 0 Å². The molecule has 1 N–H and O–H groups in total. The highest BCUT2D eigenvalue weighted by Crippen LogP contribution is 2.29. The highest BCUT2D eigenvalue weighted by molar-refractivity contribution is 7.08. The summed E-state index contributed by atoms with van der Waals surface area (Å²) in [6, 6.07) is 8.67. The summed E-state index contributed by atoms with van der Waals surface area (Å²) in [4.78, 5) is 25.3. The van der Waals surface area contributed by atoms with Gasteiger partial charge in [-0.2, -0.15) is 11.3 Å². The van der Waals surface area contributed by atoms with E-state index < -0.39 is 0 Å². The average Bonchev–Trinajstić information content (AvgIpc) is 3.18. The number of ether oxygens (including phenoxy) is 1. The zero-order valence-corrected chi connectivity index (χ0v) is 12.8. The standard InChI is InChI=1S/C12H7NO2S.C4H9NO/c14-11-9-3-1-2-4-10(9)12(15)13(11)8-5-6-16-7-8;1-3-6-4-2-5-1/h1-7H;5H,1-4H2. The molecule has 0 saturated carbocycles. The number of carbonyl (C=O) groups is 2. The molecular formula is C16H16N2O3S. The van der Waals surface area contributed by atoms with E-state index in [2.05, 4.69) is 5.32 Å². The van der Waals surface area contributed by atoms with Crippen molar-refractivity contribution in [1.29, 1.82) is 0 Å². The van der Waals surface area contributed by atoms with Gasteiger partial charge in [0.15, 0.2) is 0 Å². The second kappa shape index (κ2) is 6.83. The SMILES string of the molecule is C1COCCN1.O=C1c2ccccc2C(=O)N1c1ccsc1. The molecule has 1 saturated heterocycles. The third-order valence-electron chi connectivity index (χ3n) is 3.40. The fourth-order valence-electron chi connectivity index (χ4n) is 2.32. The molecule has 5 nitrogen and oxygen atoms in total. The lowest BCUT2D eigenvalue weighted by Crippen LogP contribution is -2.30. The monoisotopic (exact) mass is 316 g/mol. The van der Waals surface area contributed by atoms with Gasteiger partial charge in [-0.05, 0) is 23.6 Å². The Bertz CT molecular complexity index is 619. The highest BCUT2D eigenvalue weighted by atomic mass is 32.1. The molecule has 2 amide bonds. The Morgan fingerprint density at radius 1 is 1.00 bits per heavy atom. The van der Waals surface area contributed by atoms with Crippen LogP contribution in [0, 0.1) is 0 Å². The van der Waals surface area contributed by atoms with Crippen LogP contribution in [0.4, 0.5) is 5.69 Å². The van der Waals surface area contributed by atoms with Crippen molar-refractivity contribution in [2.75, 3.05) is 31.2 Å². The molecule has 4 rings (SSSR count). The van der Waals surface area contributed by atoms with Crippen LogP contribution in [-0.2, 0) is 4.74 Å². The molecule has 0 aliphatic carbocycles. The molecule has 0 atom stereocenters. The molecule has 1 aromatic heterocycles. The molecule has 114 valence electrons. The summed E-state index contributed by atoms with van der Waals surface area (Å²) in [5, 5.41) is 6.80. The number of hydrogen-bond acceptors (Lipinski definition) is 5. The maximum Gasteiger partial charge on any atom is 0.266 e. The van der Waals surface area contributed by atoms with Crippen molar-refractivity contribution >= 4 is 28.8 Å². The minimum absolute atomic E-state index is 0.237. The van der Waals surface area contributed by atoms with Crippen LogP contribution in [0.1, 0.15) is 20.7 Å². The van der Waals surface area contributed by atoms with Crippen LogP contribution in [0.5, 0.6) is 0 Å².